The van der Waals surface area contributed by atoms with Gasteiger partial charge in [0.1, 0.15) is 11.9 Å². The molecule has 5 nitrogen and oxygen atoms in total. The summed E-state index contributed by atoms with van der Waals surface area (Å²) in [4.78, 5) is 10.2. The van der Waals surface area contributed by atoms with Gasteiger partial charge >= 0.3 is 5.97 Å². The smallest absolute Gasteiger partial charge is 0.338 e. The molecule has 0 atom stereocenters. The number of rotatable bonds is 3. The first-order chi connectivity index (χ1) is 7.52. The van der Waals surface area contributed by atoms with E-state index in [1.807, 2.05) is 0 Å². The van der Waals surface area contributed by atoms with Crippen LogP contribution in [0.2, 0.25) is 0 Å². The molecule has 1 aromatic rings. The lowest BCUT2D eigenvalue weighted by Crippen LogP contribution is -2.15. The van der Waals surface area contributed by atoms with Crippen molar-refractivity contribution in [2.24, 2.45) is 0 Å². The third-order valence-electron chi connectivity index (χ3n) is 1.53. The molecular weight excluding hydrogens is 219 g/mol. The van der Waals surface area contributed by atoms with Gasteiger partial charge in [0.05, 0.1) is 18.8 Å². The number of carbonyl (C=O) groups is 1. The molecule has 0 aliphatic carbocycles. The number of benzene rings is 1. The van der Waals surface area contributed by atoms with Gasteiger partial charge in [-0.05, 0) is 12.1 Å². The third kappa shape index (κ3) is 5.40. The van der Waals surface area contributed by atoms with Crippen LogP contribution in [0.3, 0.4) is 0 Å². The van der Waals surface area contributed by atoms with Gasteiger partial charge in [0.25, 0.3) is 0 Å². The zero-order valence-electron chi connectivity index (χ0n) is 8.38. The normalized spacial score (nSPS) is 9.56. The molecule has 0 aliphatic heterocycles. The van der Waals surface area contributed by atoms with E-state index < -0.39 is 17.9 Å². The molecule has 0 aromatic heterocycles. The summed E-state index contributed by atoms with van der Waals surface area (Å²) in [6.45, 7) is -0.729. The van der Waals surface area contributed by atoms with Crippen LogP contribution < -0.4 is 0 Å². The van der Waals surface area contributed by atoms with Crippen molar-refractivity contribution in [2.45, 2.75) is 6.10 Å². The maximum Gasteiger partial charge on any atom is 0.338 e. The van der Waals surface area contributed by atoms with Crippen molar-refractivity contribution in [3.8, 4) is 0 Å². The largest absolute Gasteiger partial charge is 0.478 e. The van der Waals surface area contributed by atoms with Crippen molar-refractivity contribution in [3.05, 3.63) is 35.6 Å². The van der Waals surface area contributed by atoms with Gasteiger partial charge in [-0.15, -0.1) is 0 Å². The minimum absolute atomic E-state index is 0.289. The second kappa shape index (κ2) is 7.75. The molecule has 0 saturated carbocycles. The predicted octanol–water partition coefficient (Wildman–Crippen LogP) is -0.144. The summed E-state index contributed by atoms with van der Waals surface area (Å²) >= 11 is 0. The summed E-state index contributed by atoms with van der Waals surface area (Å²) in [5, 5.41) is 32.3. The average Bonchev–Trinajstić information content (AvgIpc) is 2.29. The van der Waals surface area contributed by atoms with E-state index in [2.05, 4.69) is 0 Å². The quantitative estimate of drug-likeness (QED) is 0.581. The number of aliphatic hydroxyl groups is 3. The molecule has 1 rings (SSSR count). The average molecular weight is 232 g/mol. The van der Waals surface area contributed by atoms with Gasteiger partial charge in [-0.3, -0.25) is 0 Å². The predicted molar refractivity (Wildman–Crippen MR) is 53.5 cm³/mol. The summed E-state index contributed by atoms with van der Waals surface area (Å²) in [5.41, 5.74) is -0.289. The highest BCUT2D eigenvalue weighted by atomic mass is 19.1. The van der Waals surface area contributed by atoms with Crippen LogP contribution >= 0.6 is 0 Å². The van der Waals surface area contributed by atoms with Crippen LogP contribution in [-0.2, 0) is 0 Å². The molecule has 16 heavy (non-hydrogen) atoms. The highest BCUT2D eigenvalue weighted by molar-refractivity contribution is 5.87. The van der Waals surface area contributed by atoms with Crippen molar-refractivity contribution in [2.75, 3.05) is 13.2 Å². The molecule has 4 N–H and O–H groups in total. The molecular formula is C10H13FO5. The Bertz CT molecular complexity index is 325. The first-order valence-corrected chi connectivity index (χ1v) is 4.40. The summed E-state index contributed by atoms with van der Waals surface area (Å²) < 4.78 is 12.5. The van der Waals surface area contributed by atoms with Crippen LogP contribution in [0.15, 0.2) is 24.3 Å². The van der Waals surface area contributed by atoms with Crippen LogP contribution in [0, 0.1) is 5.82 Å². The topological polar surface area (TPSA) is 98.0 Å². The second-order valence-electron chi connectivity index (χ2n) is 2.80. The molecule has 0 radical (unpaired) electrons. The molecule has 0 heterocycles. The molecule has 0 unspecified atom stereocenters. The SMILES string of the molecule is O=C(O)c1ccccc1F.OCC(O)CO. The minimum Gasteiger partial charge on any atom is -0.478 e. The van der Waals surface area contributed by atoms with Crippen molar-refractivity contribution in [1.29, 1.82) is 0 Å². The number of carboxylic acids is 1. The van der Waals surface area contributed by atoms with E-state index >= 15 is 0 Å². The van der Waals surface area contributed by atoms with Gasteiger partial charge in [0, 0.05) is 0 Å². The molecule has 90 valence electrons. The molecule has 0 fully saturated rings. The maximum atomic E-state index is 12.5. The van der Waals surface area contributed by atoms with Crippen LogP contribution in [0.4, 0.5) is 4.39 Å². The van der Waals surface area contributed by atoms with Crippen LogP contribution in [0.25, 0.3) is 0 Å². The van der Waals surface area contributed by atoms with Crippen LogP contribution in [0.5, 0.6) is 0 Å². The highest BCUT2D eigenvalue weighted by Gasteiger charge is 2.06. The monoisotopic (exact) mass is 232 g/mol. The zero-order valence-corrected chi connectivity index (χ0v) is 8.38. The lowest BCUT2D eigenvalue weighted by atomic mass is 10.2. The highest BCUT2D eigenvalue weighted by Crippen LogP contribution is 2.04. The van der Waals surface area contributed by atoms with E-state index in [-0.39, 0.29) is 18.8 Å². The van der Waals surface area contributed by atoms with Crippen molar-refractivity contribution in [3.63, 3.8) is 0 Å². The lowest BCUT2D eigenvalue weighted by molar-refractivity contribution is 0.0450. The minimum atomic E-state index is -1.24. The summed E-state index contributed by atoms with van der Waals surface area (Å²) in [7, 11) is 0. The van der Waals surface area contributed by atoms with Crippen molar-refractivity contribution in [1.82, 2.24) is 0 Å². The van der Waals surface area contributed by atoms with E-state index in [9.17, 15) is 9.18 Å². The number of aromatic carboxylic acids is 1. The molecule has 1 aromatic carbocycles. The number of hydrogen-bond donors (Lipinski definition) is 4. The molecule has 0 bridgehead atoms. The fraction of sp³-hybridized carbons (Fsp3) is 0.300. The van der Waals surface area contributed by atoms with Crippen molar-refractivity contribution >= 4 is 5.97 Å². The molecule has 0 aliphatic rings. The van der Waals surface area contributed by atoms with E-state index in [0.717, 1.165) is 6.07 Å². The van der Waals surface area contributed by atoms with E-state index in [0.29, 0.717) is 0 Å². The Kier molecular flexibility index (Phi) is 7.02. The number of carboxylic acid groups (broad SMARTS) is 1. The number of hydrogen-bond acceptors (Lipinski definition) is 4. The van der Waals surface area contributed by atoms with Gasteiger partial charge in [-0.2, -0.15) is 0 Å². The van der Waals surface area contributed by atoms with Gasteiger partial charge in [0.2, 0.25) is 0 Å². The molecule has 6 heteroatoms. The van der Waals surface area contributed by atoms with Gasteiger partial charge in [0.15, 0.2) is 0 Å². The fourth-order valence-corrected chi connectivity index (χ4v) is 0.692. The molecule has 0 saturated heterocycles. The van der Waals surface area contributed by atoms with Crippen LogP contribution in [-0.4, -0.2) is 45.7 Å². The van der Waals surface area contributed by atoms with Gasteiger partial charge in [-0.1, -0.05) is 12.1 Å². The van der Waals surface area contributed by atoms with Gasteiger partial charge in [-0.25, -0.2) is 9.18 Å². The lowest BCUT2D eigenvalue weighted by Gasteiger charge is -1.96. The zero-order chi connectivity index (χ0) is 12.6. The van der Waals surface area contributed by atoms with E-state index in [1.165, 1.54) is 18.2 Å². The van der Waals surface area contributed by atoms with Crippen molar-refractivity contribution < 1.29 is 29.6 Å². The third-order valence-corrected chi connectivity index (χ3v) is 1.53. The second-order valence-corrected chi connectivity index (χ2v) is 2.80. The fourth-order valence-electron chi connectivity index (χ4n) is 0.692. The van der Waals surface area contributed by atoms with Gasteiger partial charge < -0.3 is 20.4 Å². The first-order valence-electron chi connectivity index (χ1n) is 4.40. The number of halogens is 1. The standard InChI is InChI=1S/C7H5FO2.C3H8O3/c8-6-4-2-1-3-5(6)7(9)10;4-1-3(6)2-5/h1-4H,(H,9,10);3-6H,1-2H2. The number of aliphatic hydroxyl groups excluding tert-OH is 3. The summed E-state index contributed by atoms with van der Waals surface area (Å²) in [6, 6.07) is 5.26. The Morgan fingerprint density at radius 2 is 1.75 bits per heavy atom. The Labute approximate surface area is 91.4 Å². The summed E-state index contributed by atoms with van der Waals surface area (Å²) in [5.74, 6) is -1.94. The maximum absolute atomic E-state index is 12.5. The molecule has 0 amide bonds. The summed E-state index contributed by atoms with van der Waals surface area (Å²) in [6.07, 6.45) is -0.954. The molecule has 0 spiro atoms. The van der Waals surface area contributed by atoms with E-state index in [1.54, 1.807) is 0 Å². The first kappa shape index (κ1) is 14.5. The Morgan fingerprint density at radius 1 is 1.25 bits per heavy atom. The van der Waals surface area contributed by atoms with Crippen LogP contribution in [0.1, 0.15) is 10.4 Å². The van der Waals surface area contributed by atoms with E-state index in [4.69, 9.17) is 20.4 Å². The Morgan fingerprint density at radius 3 is 2.00 bits per heavy atom. The Balaban J connectivity index is 0.000000325. The Hall–Kier alpha value is -1.50.